The third-order valence-electron chi connectivity index (χ3n) is 5.52. The van der Waals surface area contributed by atoms with Crippen molar-refractivity contribution in [3.8, 4) is 0 Å². The molecule has 0 saturated heterocycles. The molecule has 1 amide bonds. The number of para-hydroxylation sites is 1. The highest BCUT2D eigenvalue weighted by atomic mass is 19.1. The minimum absolute atomic E-state index is 0.0839. The molecule has 168 valence electrons. The van der Waals surface area contributed by atoms with Crippen LogP contribution in [0, 0.1) is 18.6 Å². The zero-order chi connectivity index (χ0) is 23.8. The Morgan fingerprint density at radius 3 is 2.62 bits per heavy atom. The SMILES string of the molecule is Cc1ccc2c(Nc3ccc(F)cc3F)nccc2c1NC(=O)c1cccc2c(N)ncnc12. The minimum Gasteiger partial charge on any atom is -0.383 e. The van der Waals surface area contributed by atoms with Crippen molar-refractivity contribution in [3.63, 3.8) is 0 Å². The van der Waals surface area contributed by atoms with Crippen LogP contribution in [0.15, 0.2) is 67.1 Å². The second kappa shape index (κ2) is 8.36. The van der Waals surface area contributed by atoms with Gasteiger partial charge < -0.3 is 16.4 Å². The molecule has 4 N–H and O–H groups in total. The molecule has 5 rings (SSSR count). The van der Waals surface area contributed by atoms with Crippen molar-refractivity contribution in [3.05, 3.63) is 89.9 Å². The summed E-state index contributed by atoms with van der Waals surface area (Å²) < 4.78 is 27.5. The molecule has 34 heavy (non-hydrogen) atoms. The van der Waals surface area contributed by atoms with Crippen LogP contribution < -0.4 is 16.4 Å². The van der Waals surface area contributed by atoms with Gasteiger partial charge in [0, 0.05) is 28.4 Å². The van der Waals surface area contributed by atoms with Crippen molar-refractivity contribution in [1.82, 2.24) is 15.0 Å². The quantitative estimate of drug-likeness (QED) is 0.337. The van der Waals surface area contributed by atoms with Gasteiger partial charge in [0.05, 0.1) is 22.5 Å². The predicted octanol–water partition coefficient (Wildman–Crippen LogP) is 5.34. The lowest BCUT2D eigenvalue weighted by atomic mass is 10.0. The first-order valence-corrected chi connectivity index (χ1v) is 10.3. The van der Waals surface area contributed by atoms with Gasteiger partial charge in [-0.1, -0.05) is 18.2 Å². The Morgan fingerprint density at radius 1 is 0.941 bits per heavy atom. The highest BCUT2D eigenvalue weighted by Crippen LogP contribution is 2.33. The molecule has 0 aliphatic carbocycles. The van der Waals surface area contributed by atoms with Crippen molar-refractivity contribution in [1.29, 1.82) is 0 Å². The molecule has 0 saturated carbocycles. The maximum atomic E-state index is 14.2. The van der Waals surface area contributed by atoms with E-state index in [0.29, 0.717) is 38.7 Å². The molecule has 0 atom stereocenters. The van der Waals surface area contributed by atoms with Crippen LogP contribution >= 0.6 is 0 Å². The van der Waals surface area contributed by atoms with Gasteiger partial charge in [-0.25, -0.2) is 23.7 Å². The number of carbonyl (C=O) groups excluding carboxylic acids is 1. The summed E-state index contributed by atoms with van der Waals surface area (Å²) in [5.41, 5.74) is 8.21. The van der Waals surface area contributed by atoms with Crippen LogP contribution in [0.1, 0.15) is 15.9 Å². The van der Waals surface area contributed by atoms with Gasteiger partial charge in [-0.2, -0.15) is 0 Å². The van der Waals surface area contributed by atoms with Gasteiger partial charge >= 0.3 is 0 Å². The monoisotopic (exact) mass is 456 g/mol. The number of nitrogen functional groups attached to an aromatic ring is 1. The number of fused-ring (bicyclic) bond motifs is 2. The van der Waals surface area contributed by atoms with Crippen molar-refractivity contribution in [2.75, 3.05) is 16.4 Å². The van der Waals surface area contributed by atoms with Crippen LogP contribution in [-0.4, -0.2) is 20.9 Å². The second-order valence-electron chi connectivity index (χ2n) is 7.68. The molecule has 0 spiro atoms. The topological polar surface area (TPSA) is 106 Å². The molecule has 0 unspecified atom stereocenters. The first-order chi connectivity index (χ1) is 16.4. The van der Waals surface area contributed by atoms with Crippen LogP contribution in [0.4, 0.5) is 31.8 Å². The number of aryl methyl sites for hydroxylation is 1. The van der Waals surface area contributed by atoms with E-state index in [2.05, 4.69) is 25.6 Å². The number of rotatable bonds is 4. The minimum atomic E-state index is -0.739. The summed E-state index contributed by atoms with van der Waals surface area (Å²) in [4.78, 5) is 25.8. The van der Waals surface area contributed by atoms with E-state index in [1.807, 2.05) is 19.1 Å². The largest absolute Gasteiger partial charge is 0.383 e. The fourth-order valence-electron chi connectivity index (χ4n) is 3.82. The summed E-state index contributed by atoms with van der Waals surface area (Å²) in [5.74, 6) is -1.12. The molecular weight excluding hydrogens is 438 g/mol. The zero-order valence-electron chi connectivity index (χ0n) is 17.9. The van der Waals surface area contributed by atoms with E-state index in [9.17, 15) is 13.6 Å². The molecule has 2 aromatic heterocycles. The molecule has 9 heteroatoms. The van der Waals surface area contributed by atoms with Gasteiger partial charge in [-0.15, -0.1) is 0 Å². The first-order valence-electron chi connectivity index (χ1n) is 10.3. The molecule has 0 aliphatic rings. The Hall–Kier alpha value is -4.66. The number of nitrogens with two attached hydrogens (primary N) is 1. The Bertz CT molecular complexity index is 1590. The van der Waals surface area contributed by atoms with Gasteiger partial charge in [-0.05, 0) is 42.8 Å². The molecule has 0 bridgehead atoms. The van der Waals surface area contributed by atoms with Crippen LogP contribution in [0.3, 0.4) is 0 Å². The van der Waals surface area contributed by atoms with E-state index in [-0.39, 0.29) is 17.4 Å². The lowest BCUT2D eigenvalue weighted by Gasteiger charge is -2.15. The van der Waals surface area contributed by atoms with E-state index in [1.54, 1.807) is 30.5 Å². The van der Waals surface area contributed by atoms with Crippen LogP contribution in [0.5, 0.6) is 0 Å². The highest BCUT2D eigenvalue weighted by Gasteiger charge is 2.17. The predicted molar refractivity (Wildman–Crippen MR) is 128 cm³/mol. The van der Waals surface area contributed by atoms with Crippen molar-refractivity contribution in [2.45, 2.75) is 6.92 Å². The summed E-state index contributed by atoms with van der Waals surface area (Å²) in [5, 5.41) is 7.81. The molecule has 2 heterocycles. The molecule has 3 aromatic carbocycles. The van der Waals surface area contributed by atoms with Crippen molar-refractivity contribution in [2.24, 2.45) is 0 Å². The lowest BCUT2D eigenvalue weighted by Crippen LogP contribution is -2.14. The van der Waals surface area contributed by atoms with Crippen molar-refractivity contribution >= 4 is 50.6 Å². The van der Waals surface area contributed by atoms with Gasteiger partial charge in [0.15, 0.2) is 0 Å². The van der Waals surface area contributed by atoms with E-state index in [1.165, 1.54) is 12.4 Å². The Morgan fingerprint density at radius 2 is 1.79 bits per heavy atom. The average Bonchev–Trinajstić information content (AvgIpc) is 2.82. The highest BCUT2D eigenvalue weighted by molar-refractivity contribution is 6.16. The molecule has 0 fully saturated rings. The second-order valence-corrected chi connectivity index (χ2v) is 7.68. The standard InChI is InChI=1S/C25H18F2N6O/c1-13-5-7-16-15(9-10-29-24(16)32-20-8-6-14(26)11-19(20)27)21(13)33-25(34)18-4-2-3-17-22(18)30-12-31-23(17)28/h2-12H,1H3,(H,29,32)(H,33,34)(H2,28,30,31). The lowest BCUT2D eigenvalue weighted by molar-refractivity contribution is 0.102. The van der Waals surface area contributed by atoms with E-state index in [4.69, 9.17) is 5.73 Å². The van der Waals surface area contributed by atoms with Crippen LogP contribution in [-0.2, 0) is 0 Å². The third-order valence-corrected chi connectivity index (χ3v) is 5.52. The molecule has 0 radical (unpaired) electrons. The number of nitrogens with one attached hydrogen (secondary N) is 2. The fraction of sp³-hybridized carbons (Fsp3) is 0.0400. The number of aromatic nitrogens is 3. The zero-order valence-corrected chi connectivity index (χ0v) is 17.9. The van der Waals surface area contributed by atoms with E-state index >= 15 is 0 Å². The molecule has 7 nitrogen and oxygen atoms in total. The number of hydrogen-bond donors (Lipinski definition) is 3. The molecule has 0 aliphatic heterocycles. The Balaban J connectivity index is 1.56. The van der Waals surface area contributed by atoms with Crippen LogP contribution in [0.25, 0.3) is 21.7 Å². The Kier molecular flexibility index (Phi) is 5.21. The van der Waals surface area contributed by atoms with Gasteiger partial charge in [0.25, 0.3) is 5.91 Å². The van der Waals surface area contributed by atoms with Gasteiger partial charge in [-0.3, -0.25) is 4.79 Å². The summed E-state index contributed by atoms with van der Waals surface area (Å²) in [7, 11) is 0. The number of anilines is 4. The number of nitrogens with zero attached hydrogens (tertiary/aromatic N) is 3. The molecular formula is C25H18F2N6O. The van der Waals surface area contributed by atoms with Crippen LogP contribution in [0.2, 0.25) is 0 Å². The summed E-state index contributed by atoms with van der Waals surface area (Å²) in [6.07, 6.45) is 2.86. The van der Waals surface area contributed by atoms with Gasteiger partial charge in [0.2, 0.25) is 0 Å². The third kappa shape index (κ3) is 3.73. The fourth-order valence-corrected chi connectivity index (χ4v) is 3.82. The van der Waals surface area contributed by atoms with E-state index < -0.39 is 11.6 Å². The van der Waals surface area contributed by atoms with Crippen molar-refractivity contribution < 1.29 is 13.6 Å². The summed E-state index contributed by atoms with van der Waals surface area (Å²) in [6.45, 7) is 1.87. The number of benzene rings is 3. The number of halogens is 2. The first kappa shape index (κ1) is 21.2. The number of hydrogen-bond acceptors (Lipinski definition) is 6. The maximum absolute atomic E-state index is 14.2. The average molecular weight is 456 g/mol. The number of carbonyl (C=O) groups is 1. The summed E-state index contributed by atoms with van der Waals surface area (Å²) >= 11 is 0. The maximum Gasteiger partial charge on any atom is 0.257 e. The Labute approximate surface area is 192 Å². The normalized spacial score (nSPS) is 11.0. The number of pyridine rings is 1. The van der Waals surface area contributed by atoms with Gasteiger partial charge in [0.1, 0.15) is 29.6 Å². The number of amides is 1. The smallest absolute Gasteiger partial charge is 0.257 e. The molecule has 5 aromatic rings. The van der Waals surface area contributed by atoms with E-state index in [0.717, 1.165) is 17.7 Å². The summed E-state index contributed by atoms with van der Waals surface area (Å²) in [6, 6.07) is 13.8.